The largest absolute Gasteiger partial charge is 0.361 e. The van der Waals surface area contributed by atoms with Gasteiger partial charge in [-0.15, -0.1) is 0 Å². The van der Waals surface area contributed by atoms with Gasteiger partial charge in [-0.3, -0.25) is 0 Å². The van der Waals surface area contributed by atoms with E-state index in [-0.39, 0.29) is 0 Å². The Kier molecular flexibility index (Phi) is 3.37. The van der Waals surface area contributed by atoms with Gasteiger partial charge in [0, 0.05) is 41.9 Å². The highest BCUT2D eigenvalue weighted by molar-refractivity contribution is 5.83. The van der Waals surface area contributed by atoms with Crippen LogP contribution in [0.5, 0.6) is 0 Å². The van der Waals surface area contributed by atoms with E-state index in [1.807, 2.05) is 19.1 Å². The molecule has 0 atom stereocenters. The average Bonchev–Trinajstić information content (AvgIpc) is 2.88. The van der Waals surface area contributed by atoms with Crippen molar-refractivity contribution in [3.63, 3.8) is 0 Å². The van der Waals surface area contributed by atoms with E-state index in [0.29, 0.717) is 0 Å². The van der Waals surface area contributed by atoms with Crippen LogP contribution in [0.25, 0.3) is 10.9 Å². The topological polar surface area (TPSA) is 44.8 Å². The summed E-state index contributed by atoms with van der Waals surface area (Å²) in [5.74, 6) is 0.977. The normalized spacial score (nSPS) is 10.9. The van der Waals surface area contributed by atoms with Crippen LogP contribution in [0.15, 0.2) is 42.9 Å². The van der Waals surface area contributed by atoms with Gasteiger partial charge < -0.3 is 9.88 Å². The third-order valence-corrected chi connectivity index (χ3v) is 3.53. The van der Waals surface area contributed by atoms with Crippen molar-refractivity contribution in [2.45, 2.75) is 20.4 Å². The van der Waals surface area contributed by atoms with Crippen molar-refractivity contribution in [1.29, 1.82) is 0 Å². The molecule has 0 radical (unpaired) electrons. The highest BCUT2D eigenvalue weighted by Gasteiger charge is 2.10. The number of nitrogens with zero attached hydrogens (tertiary/aromatic N) is 3. The molecule has 0 amide bonds. The zero-order valence-corrected chi connectivity index (χ0v) is 11.8. The van der Waals surface area contributed by atoms with Gasteiger partial charge in [0.05, 0.1) is 0 Å². The summed E-state index contributed by atoms with van der Waals surface area (Å²) in [5, 5.41) is 1.27. The van der Waals surface area contributed by atoms with Gasteiger partial charge >= 0.3 is 0 Å². The summed E-state index contributed by atoms with van der Waals surface area (Å²) in [6.45, 7) is 5.89. The average molecular weight is 266 g/mol. The lowest BCUT2D eigenvalue weighted by Gasteiger charge is -2.21. The third-order valence-electron chi connectivity index (χ3n) is 3.53. The van der Waals surface area contributed by atoms with Gasteiger partial charge in [-0.1, -0.05) is 18.2 Å². The maximum atomic E-state index is 4.38. The first kappa shape index (κ1) is 12.7. The predicted molar refractivity (Wildman–Crippen MR) is 81.8 cm³/mol. The highest BCUT2D eigenvalue weighted by Crippen LogP contribution is 2.21. The molecule has 0 fully saturated rings. The van der Waals surface area contributed by atoms with Gasteiger partial charge in [0.1, 0.15) is 12.1 Å². The van der Waals surface area contributed by atoms with Crippen molar-refractivity contribution in [1.82, 2.24) is 15.0 Å². The highest BCUT2D eigenvalue weighted by atomic mass is 15.2. The van der Waals surface area contributed by atoms with Gasteiger partial charge in [0.15, 0.2) is 0 Å². The Morgan fingerprint density at radius 1 is 1.20 bits per heavy atom. The molecule has 0 spiro atoms. The number of benzene rings is 1. The van der Waals surface area contributed by atoms with Crippen molar-refractivity contribution >= 4 is 16.7 Å². The number of aromatic nitrogens is 3. The molecule has 0 bridgehead atoms. The summed E-state index contributed by atoms with van der Waals surface area (Å²) in [6.07, 6.45) is 3.71. The fourth-order valence-electron chi connectivity index (χ4n) is 2.44. The number of hydrogen-bond donors (Lipinski definition) is 1. The molecule has 102 valence electrons. The van der Waals surface area contributed by atoms with E-state index in [4.69, 9.17) is 0 Å². The van der Waals surface area contributed by atoms with E-state index >= 15 is 0 Å². The van der Waals surface area contributed by atoms with E-state index in [1.54, 1.807) is 6.33 Å². The standard InChI is InChI=1S/C16H18N4/c1-3-20(16-8-12(2)18-11-19-16)10-13-9-17-15-7-5-4-6-14(13)15/h4-9,11,17H,3,10H2,1-2H3. The molecule has 0 saturated carbocycles. The maximum absolute atomic E-state index is 4.38. The summed E-state index contributed by atoms with van der Waals surface area (Å²) < 4.78 is 0. The van der Waals surface area contributed by atoms with Crippen LogP contribution in [-0.2, 0) is 6.54 Å². The minimum absolute atomic E-state index is 0.844. The van der Waals surface area contributed by atoms with Crippen LogP contribution < -0.4 is 4.90 Å². The SMILES string of the molecule is CCN(Cc1c[nH]c2ccccc12)c1cc(C)ncn1. The molecule has 0 unspecified atom stereocenters. The second-order valence-corrected chi connectivity index (χ2v) is 4.89. The Bertz CT molecular complexity index is 717. The number of aryl methyl sites for hydroxylation is 1. The van der Waals surface area contributed by atoms with Crippen LogP contribution in [0.1, 0.15) is 18.2 Å². The summed E-state index contributed by atoms with van der Waals surface area (Å²) >= 11 is 0. The Morgan fingerprint density at radius 2 is 2.05 bits per heavy atom. The van der Waals surface area contributed by atoms with Crippen molar-refractivity contribution in [3.8, 4) is 0 Å². The number of para-hydroxylation sites is 1. The van der Waals surface area contributed by atoms with Crippen LogP contribution in [0.4, 0.5) is 5.82 Å². The van der Waals surface area contributed by atoms with Gasteiger partial charge in [-0.05, 0) is 25.5 Å². The number of hydrogen-bond acceptors (Lipinski definition) is 3. The lowest BCUT2D eigenvalue weighted by molar-refractivity contribution is 0.811. The summed E-state index contributed by atoms with van der Waals surface area (Å²) in [6, 6.07) is 10.4. The number of fused-ring (bicyclic) bond motifs is 1. The molecule has 0 aliphatic carbocycles. The second kappa shape index (κ2) is 5.33. The molecule has 0 aliphatic rings. The van der Waals surface area contributed by atoms with Crippen molar-refractivity contribution in [2.24, 2.45) is 0 Å². The van der Waals surface area contributed by atoms with Crippen LogP contribution in [0.3, 0.4) is 0 Å². The molecule has 1 aromatic carbocycles. The van der Waals surface area contributed by atoms with Gasteiger partial charge in [-0.2, -0.15) is 0 Å². The van der Waals surface area contributed by atoms with Gasteiger partial charge in [0.25, 0.3) is 0 Å². The maximum Gasteiger partial charge on any atom is 0.132 e. The second-order valence-electron chi connectivity index (χ2n) is 4.89. The summed E-state index contributed by atoms with van der Waals surface area (Å²) in [4.78, 5) is 14.1. The quantitative estimate of drug-likeness (QED) is 0.788. The molecule has 3 aromatic rings. The molecular formula is C16H18N4. The number of aromatic amines is 1. The molecule has 20 heavy (non-hydrogen) atoms. The minimum atomic E-state index is 0.844. The van der Waals surface area contributed by atoms with Crippen molar-refractivity contribution < 1.29 is 0 Å². The van der Waals surface area contributed by atoms with E-state index in [9.17, 15) is 0 Å². The smallest absolute Gasteiger partial charge is 0.132 e. The Labute approximate surface area is 118 Å². The monoisotopic (exact) mass is 266 g/mol. The first-order valence-corrected chi connectivity index (χ1v) is 6.86. The molecule has 4 heteroatoms. The molecule has 2 heterocycles. The molecule has 0 aliphatic heterocycles. The lowest BCUT2D eigenvalue weighted by atomic mass is 10.1. The molecule has 0 saturated heterocycles. The van der Waals surface area contributed by atoms with E-state index in [0.717, 1.165) is 24.6 Å². The number of H-pyrrole nitrogens is 1. The Morgan fingerprint density at radius 3 is 2.85 bits per heavy atom. The summed E-state index contributed by atoms with van der Waals surface area (Å²) in [7, 11) is 0. The van der Waals surface area contributed by atoms with Crippen LogP contribution in [0.2, 0.25) is 0 Å². The van der Waals surface area contributed by atoms with Crippen LogP contribution in [-0.4, -0.2) is 21.5 Å². The zero-order chi connectivity index (χ0) is 13.9. The van der Waals surface area contributed by atoms with Crippen LogP contribution in [0, 0.1) is 6.92 Å². The first-order valence-electron chi connectivity index (χ1n) is 6.86. The summed E-state index contributed by atoms with van der Waals surface area (Å²) in [5.41, 5.74) is 3.46. The van der Waals surface area contributed by atoms with E-state index in [2.05, 4.69) is 51.2 Å². The number of nitrogens with one attached hydrogen (secondary N) is 1. The lowest BCUT2D eigenvalue weighted by Crippen LogP contribution is -2.23. The fraction of sp³-hybridized carbons (Fsp3) is 0.250. The van der Waals surface area contributed by atoms with Gasteiger partial charge in [0.2, 0.25) is 0 Å². The molecule has 4 nitrogen and oxygen atoms in total. The van der Waals surface area contributed by atoms with Crippen molar-refractivity contribution in [2.75, 3.05) is 11.4 Å². The molecular weight excluding hydrogens is 248 g/mol. The van der Waals surface area contributed by atoms with Crippen LogP contribution >= 0.6 is 0 Å². The Hall–Kier alpha value is -2.36. The van der Waals surface area contributed by atoms with Gasteiger partial charge in [-0.25, -0.2) is 9.97 Å². The Balaban J connectivity index is 1.92. The third kappa shape index (κ3) is 2.37. The predicted octanol–water partition coefficient (Wildman–Crippen LogP) is 3.29. The van der Waals surface area contributed by atoms with E-state index in [1.165, 1.54) is 16.5 Å². The molecule has 2 aromatic heterocycles. The molecule has 3 rings (SSSR count). The number of rotatable bonds is 4. The van der Waals surface area contributed by atoms with Crippen molar-refractivity contribution in [3.05, 3.63) is 54.1 Å². The fourth-order valence-corrected chi connectivity index (χ4v) is 2.44. The first-order chi connectivity index (χ1) is 9.78. The van der Waals surface area contributed by atoms with E-state index < -0.39 is 0 Å². The number of anilines is 1. The zero-order valence-electron chi connectivity index (χ0n) is 11.8. The minimum Gasteiger partial charge on any atom is -0.361 e. The molecule has 1 N–H and O–H groups in total.